The molecule has 3 rings (SSSR count). The van der Waals surface area contributed by atoms with Gasteiger partial charge in [0.25, 0.3) is 0 Å². The molecule has 1 heterocycles. The van der Waals surface area contributed by atoms with E-state index in [1.807, 2.05) is 56.7 Å². The number of hydrogen-bond acceptors (Lipinski definition) is 4. The van der Waals surface area contributed by atoms with Gasteiger partial charge in [0, 0.05) is 69.6 Å². The lowest BCUT2D eigenvalue weighted by molar-refractivity contribution is -0.438. The van der Waals surface area contributed by atoms with Gasteiger partial charge in [0.05, 0.1) is 12.0 Å². The highest BCUT2D eigenvalue weighted by molar-refractivity contribution is 6.04. The minimum atomic E-state index is -0.267. The Balaban J connectivity index is 2.02. The maximum absolute atomic E-state index is 12.4. The van der Waals surface area contributed by atoms with Gasteiger partial charge in [0.2, 0.25) is 11.6 Å². The molecule has 1 aliphatic heterocycles. The molecule has 0 aliphatic carbocycles. The van der Waals surface area contributed by atoms with Crippen LogP contribution in [0.4, 0.5) is 17.1 Å². The van der Waals surface area contributed by atoms with Crippen LogP contribution in [0.1, 0.15) is 39.7 Å². The maximum Gasteiger partial charge on any atom is 0.302 e. The topological polar surface area (TPSA) is 52.9 Å². The summed E-state index contributed by atoms with van der Waals surface area (Å²) in [4.78, 5) is 27.4. The number of anilines is 2. The van der Waals surface area contributed by atoms with Crippen molar-refractivity contribution in [3.8, 4) is 0 Å². The molecule has 0 radical (unpaired) electrons. The number of carbonyl (C=O) groups is 2. The minimum absolute atomic E-state index is 0.0531. The summed E-state index contributed by atoms with van der Waals surface area (Å²) >= 11 is 0. The first-order chi connectivity index (χ1) is 15.6. The van der Waals surface area contributed by atoms with Gasteiger partial charge in [-0.05, 0) is 38.1 Å². The third-order valence-electron chi connectivity index (χ3n) is 5.98. The van der Waals surface area contributed by atoms with Gasteiger partial charge in [-0.2, -0.15) is 4.58 Å². The van der Waals surface area contributed by atoms with Crippen LogP contribution in [0.25, 0.3) is 0 Å². The summed E-state index contributed by atoms with van der Waals surface area (Å²) in [7, 11) is 4.07. The molecule has 174 valence electrons. The van der Waals surface area contributed by atoms with Crippen LogP contribution < -0.4 is 9.80 Å². The molecule has 0 spiro atoms. The van der Waals surface area contributed by atoms with Crippen molar-refractivity contribution in [1.29, 1.82) is 0 Å². The Labute approximate surface area is 196 Å². The highest BCUT2D eigenvalue weighted by Crippen LogP contribution is 2.42. The predicted molar refractivity (Wildman–Crippen MR) is 134 cm³/mol. The highest BCUT2D eigenvalue weighted by atomic mass is 16.5. The number of rotatable bonds is 8. The third kappa shape index (κ3) is 5.33. The van der Waals surface area contributed by atoms with Crippen molar-refractivity contribution in [3.05, 3.63) is 66.4 Å². The number of nitrogens with zero attached hydrogens (tertiary/aromatic N) is 3. The molecule has 2 aromatic rings. The molecule has 0 saturated heterocycles. The molecule has 33 heavy (non-hydrogen) atoms. The van der Waals surface area contributed by atoms with Gasteiger partial charge in [0.1, 0.15) is 0 Å². The molecule has 6 heteroatoms. The van der Waals surface area contributed by atoms with E-state index in [0.29, 0.717) is 19.6 Å². The number of allylic oxidation sites excluding steroid dienone is 1. The first kappa shape index (κ1) is 24.2. The lowest BCUT2D eigenvalue weighted by Gasteiger charge is -2.20. The molecular weight excluding hydrogens is 414 g/mol. The Bertz CT molecular complexity index is 1090. The van der Waals surface area contributed by atoms with E-state index in [-0.39, 0.29) is 17.3 Å². The van der Waals surface area contributed by atoms with Crippen LogP contribution in [0.15, 0.2) is 60.8 Å². The van der Waals surface area contributed by atoms with E-state index in [4.69, 9.17) is 4.74 Å². The van der Waals surface area contributed by atoms with E-state index in [1.165, 1.54) is 12.5 Å². The fraction of sp³-hybridized carbons (Fsp3) is 0.370. The van der Waals surface area contributed by atoms with Gasteiger partial charge in [-0.25, -0.2) is 0 Å². The van der Waals surface area contributed by atoms with Crippen molar-refractivity contribution < 1.29 is 18.9 Å². The summed E-state index contributed by atoms with van der Waals surface area (Å²) in [5.41, 5.74) is 5.17. The van der Waals surface area contributed by atoms with Crippen LogP contribution in [0.3, 0.4) is 0 Å². The molecule has 0 saturated carbocycles. The summed E-state index contributed by atoms with van der Waals surface area (Å²) in [6.07, 6.45) is 4.60. The van der Waals surface area contributed by atoms with Gasteiger partial charge in [-0.15, -0.1) is 0 Å². The molecule has 0 fully saturated rings. The van der Waals surface area contributed by atoms with E-state index in [0.717, 1.165) is 22.8 Å². The average Bonchev–Trinajstić information content (AvgIpc) is 2.97. The number of fused-ring (bicyclic) bond motifs is 1. The lowest BCUT2D eigenvalue weighted by Crippen LogP contribution is -2.30. The van der Waals surface area contributed by atoms with E-state index in [2.05, 4.69) is 41.5 Å². The highest BCUT2D eigenvalue weighted by Gasteiger charge is 2.44. The molecule has 2 aromatic carbocycles. The molecule has 0 aromatic heterocycles. The van der Waals surface area contributed by atoms with Crippen LogP contribution in [0.5, 0.6) is 0 Å². The van der Waals surface area contributed by atoms with E-state index < -0.39 is 0 Å². The average molecular weight is 449 g/mol. The molecule has 0 atom stereocenters. The zero-order valence-corrected chi connectivity index (χ0v) is 20.5. The van der Waals surface area contributed by atoms with Crippen molar-refractivity contribution in [2.45, 2.75) is 39.5 Å². The summed E-state index contributed by atoms with van der Waals surface area (Å²) in [5, 5.41) is 0. The van der Waals surface area contributed by atoms with E-state index in [1.54, 1.807) is 11.8 Å². The van der Waals surface area contributed by atoms with Crippen LogP contribution >= 0.6 is 0 Å². The quantitative estimate of drug-likeness (QED) is 0.335. The molecular formula is C27H34N3O3+. The van der Waals surface area contributed by atoms with Crippen LogP contribution in [0.2, 0.25) is 0 Å². The lowest BCUT2D eigenvalue weighted by atomic mass is 9.81. The van der Waals surface area contributed by atoms with Crippen LogP contribution in [-0.2, 0) is 19.7 Å². The predicted octanol–water partition coefficient (Wildman–Crippen LogP) is 4.65. The van der Waals surface area contributed by atoms with E-state index >= 15 is 0 Å². The number of para-hydroxylation sites is 1. The summed E-state index contributed by atoms with van der Waals surface area (Å²) in [5.74, 6) is -0.320. The van der Waals surface area contributed by atoms with Crippen molar-refractivity contribution in [3.63, 3.8) is 0 Å². The second kappa shape index (κ2) is 10.0. The Morgan fingerprint density at radius 1 is 1.03 bits per heavy atom. The first-order valence-corrected chi connectivity index (χ1v) is 11.3. The van der Waals surface area contributed by atoms with Gasteiger partial charge in [-0.3, -0.25) is 14.5 Å². The smallest absolute Gasteiger partial charge is 0.302 e. The zero-order valence-electron chi connectivity index (χ0n) is 20.5. The summed E-state index contributed by atoms with van der Waals surface area (Å²) in [6.45, 7) is 8.48. The van der Waals surface area contributed by atoms with Crippen molar-refractivity contribution in [2.24, 2.45) is 0 Å². The largest absolute Gasteiger partial charge is 0.466 e. The van der Waals surface area contributed by atoms with Crippen molar-refractivity contribution in [2.75, 3.05) is 37.0 Å². The maximum atomic E-state index is 12.4. The molecule has 0 unspecified atom stereocenters. The summed E-state index contributed by atoms with van der Waals surface area (Å²) in [6, 6.07) is 16.1. The van der Waals surface area contributed by atoms with Gasteiger partial charge < -0.3 is 9.64 Å². The second-order valence-electron chi connectivity index (χ2n) is 8.99. The van der Waals surface area contributed by atoms with Gasteiger partial charge in [-0.1, -0.05) is 18.2 Å². The molecule has 0 bridgehead atoms. The standard InChI is InChI=1S/C27H34N3O3/c1-20(31)29(22-11-8-7-9-12-22)17-15-26-27(3,4)24-19-23(28(5)6)13-14-25(24)30(26)16-10-18-33-21(2)32/h7-9,11-15,17,19H,10,16,18H2,1-6H3/q+1. The van der Waals surface area contributed by atoms with Crippen molar-refractivity contribution >= 4 is 34.7 Å². The fourth-order valence-electron chi connectivity index (χ4n) is 4.23. The number of carbonyl (C=O) groups excluding carboxylic acids is 2. The fourth-order valence-corrected chi connectivity index (χ4v) is 4.23. The van der Waals surface area contributed by atoms with Gasteiger partial charge >= 0.3 is 5.97 Å². The first-order valence-electron chi connectivity index (χ1n) is 11.3. The van der Waals surface area contributed by atoms with Gasteiger partial charge in [0.15, 0.2) is 12.3 Å². The SMILES string of the molecule is CC(=O)OCCC[N+]1=C(/C=C/N(C(C)=O)c2ccccc2)C(C)(C)c2cc(N(C)C)ccc21. The minimum Gasteiger partial charge on any atom is -0.466 e. The molecule has 0 N–H and O–H groups in total. The van der Waals surface area contributed by atoms with Crippen LogP contribution in [0, 0.1) is 0 Å². The number of hydrogen-bond donors (Lipinski definition) is 0. The second-order valence-corrected chi connectivity index (χ2v) is 8.99. The van der Waals surface area contributed by atoms with Crippen LogP contribution in [-0.4, -0.2) is 49.4 Å². The third-order valence-corrected chi connectivity index (χ3v) is 5.98. The monoisotopic (exact) mass is 448 g/mol. The molecule has 6 nitrogen and oxygen atoms in total. The Morgan fingerprint density at radius 2 is 1.73 bits per heavy atom. The Morgan fingerprint density at radius 3 is 2.33 bits per heavy atom. The number of ether oxygens (including phenoxy) is 1. The molecule has 1 amide bonds. The Hall–Kier alpha value is -3.41. The number of amides is 1. The number of benzene rings is 2. The van der Waals surface area contributed by atoms with E-state index in [9.17, 15) is 9.59 Å². The summed E-state index contributed by atoms with van der Waals surface area (Å²) < 4.78 is 7.44. The molecule has 1 aliphatic rings. The number of esters is 1. The zero-order chi connectivity index (χ0) is 24.2. The van der Waals surface area contributed by atoms with Crippen molar-refractivity contribution in [1.82, 2.24) is 0 Å². The Kier molecular flexibility index (Phi) is 7.36. The normalized spacial score (nSPS) is 14.4.